The number of rotatable bonds is 6. The van der Waals surface area contributed by atoms with Crippen LogP contribution in [0.5, 0.6) is 5.75 Å². The normalized spacial score (nSPS) is 15.7. The van der Waals surface area contributed by atoms with Gasteiger partial charge in [0.15, 0.2) is 0 Å². The fourth-order valence-electron chi connectivity index (χ4n) is 1.20. The van der Waals surface area contributed by atoms with Gasteiger partial charge >= 0.3 is 7.60 Å². The van der Waals surface area contributed by atoms with Gasteiger partial charge in [-0.05, 0) is 19.1 Å². The summed E-state index contributed by atoms with van der Waals surface area (Å²) in [4.78, 5) is 9.87. The highest BCUT2D eigenvalue weighted by atomic mass is 31.2. The van der Waals surface area contributed by atoms with Crippen LogP contribution in [0.15, 0.2) is 24.3 Å². The van der Waals surface area contributed by atoms with E-state index in [2.05, 4.69) is 0 Å². The summed E-state index contributed by atoms with van der Waals surface area (Å²) in [6, 6.07) is 5.04. The number of hydrogen-bond donors (Lipinski definition) is 0. The minimum Gasteiger partial charge on any atom is -0.425 e. The molecule has 1 aromatic rings. The molecule has 18 heavy (non-hydrogen) atoms. The van der Waals surface area contributed by atoms with Crippen LogP contribution in [0.4, 0.5) is 10.1 Å². The van der Waals surface area contributed by atoms with Crippen LogP contribution in [0.2, 0.25) is 0 Å². The number of benzene rings is 1. The molecule has 0 radical (unpaired) electrons. The Kier molecular flexibility index (Phi) is 4.81. The minimum atomic E-state index is -3.44. The highest BCUT2D eigenvalue weighted by Gasteiger charge is 2.22. The molecule has 1 rings (SSSR count). The molecule has 0 saturated heterocycles. The van der Waals surface area contributed by atoms with Crippen LogP contribution in [-0.4, -0.2) is 24.4 Å². The van der Waals surface area contributed by atoms with Crippen LogP contribution in [0.25, 0.3) is 0 Å². The third-order valence-corrected chi connectivity index (χ3v) is 3.19. The quantitative estimate of drug-likeness (QED) is 0.453. The third kappa shape index (κ3) is 4.43. The molecule has 6 nitrogen and oxygen atoms in total. The first-order valence-electron chi connectivity index (χ1n) is 5.10. The third-order valence-electron chi connectivity index (χ3n) is 1.91. The van der Waals surface area contributed by atoms with Crippen molar-refractivity contribution in [3.8, 4) is 5.75 Å². The molecule has 100 valence electrons. The first-order valence-corrected chi connectivity index (χ1v) is 7.09. The summed E-state index contributed by atoms with van der Waals surface area (Å²) in [6.45, 7) is 1.86. The Labute approximate surface area is 103 Å². The van der Waals surface area contributed by atoms with Gasteiger partial charge in [0.1, 0.15) is 12.4 Å². The van der Waals surface area contributed by atoms with Crippen molar-refractivity contribution >= 4 is 13.3 Å². The van der Waals surface area contributed by atoms with Crippen LogP contribution in [0, 0.1) is 10.1 Å². The van der Waals surface area contributed by atoms with Gasteiger partial charge in [-0.15, -0.1) is 0 Å². The Balaban J connectivity index is 2.72. The minimum absolute atomic E-state index is 0.105. The summed E-state index contributed by atoms with van der Waals surface area (Å²) in [5.74, 6) is 0.164. The van der Waals surface area contributed by atoms with E-state index < -0.39 is 25.3 Å². The zero-order chi connectivity index (χ0) is 13.8. The monoisotopic (exact) mass is 277 g/mol. The largest absolute Gasteiger partial charge is 0.425 e. The SMILES string of the molecule is CC(CF)OP(C)(=O)Oc1ccc([N+](=O)[O-])cc1. The van der Waals surface area contributed by atoms with Crippen molar-refractivity contribution in [2.75, 3.05) is 13.3 Å². The van der Waals surface area contributed by atoms with Gasteiger partial charge in [-0.1, -0.05) is 0 Å². The molecule has 2 unspecified atom stereocenters. The van der Waals surface area contributed by atoms with Crippen molar-refractivity contribution in [2.24, 2.45) is 0 Å². The van der Waals surface area contributed by atoms with Gasteiger partial charge in [-0.3, -0.25) is 14.6 Å². The van der Waals surface area contributed by atoms with E-state index in [0.717, 1.165) is 0 Å². The first kappa shape index (κ1) is 14.6. The molecular weight excluding hydrogens is 264 g/mol. The molecule has 2 atom stereocenters. The van der Waals surface area contributed by atoms with Crippen LogP contribution < -0.4 is 4.52 Å². The summed E-state index contributed by atoms with van der Waals surface area (Å²) in [6.07, 6.45) is -0.834. The lowest BCUT2D eigenvalue weighted by atomic mass is 10.3. The Morgan fingerprint density at radius 3 is 2.44 bits per heavy atom. The molecule has 0 fully saturated rings. The fraction of sp³-hybridized carbons (Fsp3) is 0.400. The van der Waals surface area contributed by atoms with E-state index in [9.17, 15) is 19.1 Å². The average Bonchev–Trinajstić information content (AvgIpc) is 2.28. The molecule has 0 aromatic heterocycles. The molecular formula is C10H13FNO5P. The van der Waals surface area contributed by atoms with Gasteiger partial charge in [0.2, 0.25) is 0 Å². The zero-order valence-corrected chi connectivity index (χ0v) is 10.8. The Bertz CT molecular complexity index is 464. The lowest BCUT2D eigenvalue weighted by Gasteiger charge is -2.17. The summed E-state index contributed by atoms with van der Waals surface area (Å²) in [7, 11) is -3.44. The topological polar surface area (TPSA) is 78.7 Å². The van der Waals surface area contributed by atoms with Crippen LogP contribution in [-0.2, 0) is 9.09 Å². The van der Waals surface area contributed by atoms with Crippen molar-refractivity contribution in [1.82, 2.24) is 0 Å². The van der Waals surface area contributed by atoms with E-state index >= 15 is 0 Å². The fourth-order valence-corrected chi connectivity index (χ4v) is 2.45. The number of hydrogen-bond acceptors (Lipinski definition) is 5. The zero-order valence-electron chi connectivity index (χ0n) is 9.91. The Morgan fingerprint density at radius 2 is 2.00 bits per heavy atom. The predicted molar refractivity (Wildman–Crippen MR) is 63.8 cm³/mol. The molecule has 0 bridgehead atoms. The Hall–Kier alpha value is -1.46. The van der Waals surface area contributed by atoms with E-state index in [4.69, 9.17) is 9.05 Å². The predicted octanol–water partition coefficient (Wildman–Crippen LogP) is 3.17. The van der Waals surface area contributed by atoms with E-state index in [-0.39, 0.29) is 11.4 Å². The number of non-ortho nitro benzene ring substituents is 1. The molecule has 0 N–H and O–H groups in total. The van der Waals surface area contributed by atoms with Gasteiger partial charge < -0.3 is 4.52 Å². The Morgan fingerprint density at radius 1 is 1.44 bits per heavy atom. The molecule has 0 saturated carbocycles. The maximum Gasteiger partial charge on any atom is 0.376 e. The molecule has 8 heteroatoms. The maximum absolute atomic E-state index is 12.2. The first-order chi connectivity index (χ1) is 8.34. The van der Waals surface area contributed by atoms with E-state index in [1.807, 2.05) is 0 Å². The maximum atomic E-state index is 12.2. The summed E-state index contributed by atoms with van der Waals surface area (Å²) in [5, 5.41) is 10.4. The van der Waals surface area contributed by atoms with Crippen LogP contribution >= 0.6 is 7.60 Å². The summed E-state index contributed by atoms with van der Waals surface area (Å²) < 4.78 is 34.0. The lowest BCUT2D eigenvalue weighted by molar-refractivity contribution is -0.384. The highest BCUT2D eigenvalue weighted by Crippen LogP contribution is 2.45. The van der Waals surface area contributed by atoms with E-state index in [0.29, 0.717) is 0 Å². The second kappa shape index (κ2) is 5.93. The molecule has 1 aromatic carbocycles. The van der Waals surface area contributed by atoms with Crippen molar-refractivity contribution in [3.63, 3.8) is 0 Å². The number of nitro groups is 1. The summed E-state index contributed by atoms with van der Waals surface area (Å²) >= 11 is 0. The average molecular weight is 277 g/mol. The van der Waals surface area contributed by atoms with Gasteiger partial charge in [0.05, 0.1) is 11.0 Å². The van der Waals surface area contributed by atoms with Crippen molar-refractivity contribution in [3.05, 3.63) is 34.4 Å². The molecule has 0 amide bonds. The second-order valence-corrected chi connectivity index (χ2v) is 5.62. The highest BCUT2D eigenvalue weighted by molar-refractivity contribution is 7.53. The standard InChI is InChI=1S/C10H13FNO5P/c1-8(7-11)16-18(2,15)17-10-5-3-9(4-6-10)12(13)14/h3-6,8H,7H2,1-2H3. The van der Waals surface area contributed by atoms with Crippen molar-refractivity contribution in [1.29, 1.82) is 0 Å². The van der Waals surface area contributed by atoms with Gasteiger partial charge in [-0.25, -0.2) is 8.96 Å². The van der Waals surface area contributed by atoms with Gasteiger partial charge in [0.25, 0.3) is 5.69 Å². The van der Waals surface area contributed by atoms with Gasteiger partial charge in [0, 0.05) is 18.8 Å². The molecule has 0 heterocycles. The van der Waals surface area contributed by atoms with Crippen LogP contribution in [0.1, 0.15) is 6.92 Å². The molecule has 0 aliphatic heterocycles. The number of nitro benzene ring substituents is 1. The number of nitrogens with zero attached hydrogens (tertiary/aromatic N) is 1. The number of halogens is 1. The number of alkyl halides is 1. The van der Waals surface area contributed by atoms with Crippen LogP contribution in [0.3, 0.4) is 0 Å². The van der Waals surface area contributed by atoms with Crippen molar-refractivity contribution < 1.29 is 22.9 Å². The van der Waals surface area contributed by atoms with Crippen molar-refractivity contribution in [2.45, 2.75) is 13.0 Å². The molecule has 0 spiro atoms. The van der Waals surface area contributed by atoms with Gasteiger partial charge in [-0.2, -0.15) is 0 Å². The molecule has 0 aliphatic carbocycles. The second-order valence-electron chi connectivity index (χ2n) is 3.68. The summed E-state index contributed by atoms with van der Waals surface area (Å²) in [5.41, 5.74) is -0.105. The lowest BCUT2D eigenvalue weighted by Crippen LogP contribution is -2.10. The van der Waals surface area contributed by atoms with E-state index in [1.165, 1.54) is 37.9 Å². The molecule has 0 aliphatic rings. The van der Waals surface area contributed by atoms with E-state index in [1.54, 1.807) is 0 Å². The smallest absolute Gasteiger partial charge is 0.376 e.